The third-order valence-electron chi connectivity index (χ3n) is 6.01. The maximum Gasteiger partial charge on any atom is 0.410 e. The van der Waals surface area contributed by atoms with Gasteiger partial charge in [-0.05, 0) is 38.2 Å². The molecule has 174 valence electrons. The smallest absolute Gasteiger partial charge is 0.410 e. The van der Waals surface area contributed by atoms with E-state index in [0.29, 0.717) is 42.8 Å². The van der Waals surface area contributed by atoms with Gasteiger partial charge in [-0.25, -0.2) is 18.0 Å². The van der Waals surface area contributed by atoms with Crippen LogP contribution in [0.1, 0.15) is 47.0 Å². The van der Waals surface area contributed by atoms with Crippen molar-refractivity contribution in [2.75, 3.05) is 32.6 Å². The lowest BCUT2D eigenvalue weighted by Gasteiger charge is -2.37. The molecule has 2 amide bonds. The van der Waals surface area contributed by atoms with Gasteiger partial charge in [0.2, 0.25) is 0 Å². The van der Waals surface area contributed by atoms with Crippen LogP contribution in [0, 0.1) is 0 Å². The molecule has 2 aliphatic heterocycles. The first-order chi connectivity index (χ1) is 15.2. The predicted molar refractivity (Wildman–Crippen MR) is 117 cm³/mol. The van der Waals surface area contributed by atoms with Crippen LogP contribution in [0.2, 0.25) is 0 Å². The Morgan fingerprint density at radius 3 is 2.66 bits per heavy atom. The lowest BCUT2D eigenvalue weighted by atomic mass is 9.98. The average molecular weight is 483 g/mol. The molecule has 0 radical (unpaired) electrons. The Morgan fingerprint density at radius 1 is 1.28 bits per heavy atom. The first kappa shape index (κ1) is 22.8. The molecule has 1 unspecified atom stereocenters. The molecule has 9 nitrogen and oxygen atoms in total. The number of piperidine rings is 1. The number of carbonyl (C=O) groups is 3. The highest BCUT2D eigenvalue weighted by Gasteiger charge is 2.44. The van der Waals surface area contributed by atoms with E-state index >= 15 is 0 Å². The summed E-state index contributed by atoms with van der Waals surface area (Å²) in [6.07, 6.45) is 6.76. The summed E-state index contributed by atoms with van der Waals surface area (Å²) in [4.78, 5) is 41.4. The van der Waals surface area contributed by atoms with Crippen molar-refractivity contribution in [3.8, 4) is 0 Å². The molecule has 0 spiro atoms. The molecular weight excluding hydrogens is 456 g/mol. The molecule has 1 atom stereocenters. The van der Waals surface area contributed by atoms with Crippen LogP contribution < -0.4 is 0 Å². The van der Waals surface area contributed by atoms with E-state index in [2.05, 4.69) is 0 Å². The molecular formula is C21H26N2O7S2. The van der Waals surface area contributed by atoms with Crippen LogP contribution in [0.25, 0.3) is 6.08 Å². The second kappa shape index (κ2) is 8.86. The standard InChI is InChI=1S/C21H26N2O7S2/c1-3-29-19(25)16-12-30-21(26)23(16)13-8-10-22(11-9-13)18(24)17-14-6-4-5-7-15(14)20(31-17)32(2,27)28/h5,7,13,16H,3-4,6,8-12H2,1-2H3. The Labute approximate surface area is 190 Å². The normalized spacial score (nSPS) is 21.4. The summed E-state index contributed by atoms with van der Waals surface area (Å²) in [7, 11) is -3.44. The maximum absolute atomic E-state index is 13.3. The van der Waals surface area contributed by atoms with Gasteiger partial charge in [0.05, 0.1) is 11.5 Å². The Kier molecular flexibility index (Phi) is 6.30. The molecule has 3 aliphatic rings. The monoisotopic (exact) mass is 482 g/mol. The zero-order valence-corrected chi connectivity index (χ0v) is 19.7. The van der Waals surface area contributed by atoms with Gasteiger partial charge >= 0.3 is 12.1 Å². The minimum Gasteiger partial charge on any atom is -0.464 e. The van der Waals surface area contributed by atoms with Crippen molar-refractivity contribution in [3.63, 3.8) is 0 Å². The van der Waals surface area contributed by atoms with Crippen LogP contribution in [0.15, 0.2) is 10.3 Å². The second-order valence-corrected chi connectivity index (χ2v) is 11.3. The van der Waals surface area contributed by atoms with Crippen LogP contribution in [-0.2, 0) is 30.5 Å². The van der Waals surface area contributed by atoms with Gasteiger partial charge in [0.25, 0.3) is 5.91 Å². The number of esters is 1. The van der Waals surface area contributed by atoms with Crippen LogP contribution in [0.5, 0.6) is 0 Å². The van der Waals surface area contributed by atoms with Gasteiger partial charge in [0, 0.05) is 31.0 Å². The van der Waals surface area contributed by atoms with Crippen molar-refractivity contribution in [2.45, 2.75) is 48.9 Å². The summed E-state index contributed by atoms with van der Waals surface area (Å²) in [6.45, 7) is 2.71. The number of cyclic esters (lactones) is 1. The molecule has 4 rings (SSSR count). The molecule has 0 aromatic carbocycles. The number of hydrogen-bond donors (Lipinski definition) is 0. The molecule has 0 N–H and O–H groups in total. The molecule has 1 aromatic rings. The number of amides is 2. The van der Waals surface area contributed by atoms with Crippen molar-refractivity contribution >= 4 is 45.2 Å². The lowest BCUT2D eigenvalue weighted by Crippen LogP contribution is -2.52. The minimum atomic E-state index is -3.44. The van der Waals surface area contributed by atoms with Gasteiger partial charge in [-0.3, -0.25) is 9.69 Å². The number of thiophene rings is 1. The van der Waals surface area contributed by atoms with Crippen molar-refractivity contribution in [2.24, 2.45) is 0 Å². The van der Waals surface area contributed by atoms with E-state index in [1.54, 1.807) is 17.9 Å². The molecule has 11 heteroatoms. The topological polar surface area (TPSA) is 110 Å². The number of sulfone groups is 1. The van der Waals surface area contributed by atoms with Gasteiger partial charge < -0.3 is 14.4 Å². The number of carbonyl (C=O) groups excluding carboxylic acids is 3. The van der Waals surface area contributed by atoms with Gasteiger partial charge in [-0.15, -0.1) is 11.3 Å². The number of fused-ring (bicyclic) bond motifs is 1. The fourth-order valence-corrected chi connectivity index (χ4v) is 6.98. The number of likely N-dealkylation sites (tertiary alicyclic amines) is 1. The first-order valence-electron chi connectivity index (χ1n) is 10.7. The lowest BCUT2D eigenvalue weighted by molar-refractivity contribution is -0.148. The van der Waals surface area contributed by atoms with Crippen LogP contribution >= 0.6 is 11.3 Å². The van der Waals surface area contributed by atoms with Crippen molar-refractivity contribution in [1.29, 1.82) is 0 Å². The fraction of sp³-hybridized carbons (Fsp3) is 0.571. The highest BCUT2D eigenvalue weighted by molar-refractivity contribution is 7.92. The SMILES string of the molecule is CCOC(=O)C1COC(=O)N1C1CCN(C(=O)c2sc(S(C)(=O)=O)c3c2CCC=C3)CC1. The largest absolute Gasteiger partial charge is 0.464 e. The summed E-state index contributed by atoms with van der Waals surface area (Å²) >= 11 is 1.04. The van der Waals surface area contributed by atoms with E-state index in [9.17, 15) is 22.8 Å². The molecule has 2 saturated heterocycles. The average Bonchev–Trinajstić information content (AvgIpc) is 3.34. The quantitative estimate of drug-likeness (QED) is 0.591. The Hall–Kier alpha value is -2.40. The summed E-state index contributed by atoms with van der Waals surface area (Å²) in [6, 6.07) is -0.988. The van der Waals surface area contributed by atoms with Crippen LogP contribution in [0.4, 0.5) is 4.79 Å². The molecule has 32 heavy (non-hydrogen) atoms. The molecule has 0 saturated carbocycles. The van der Waals surface area contributed by atoms with Crippen molar-refractivity contribution in [3.05, 3.63) is 22.1 Å². The summed E-state index contributed by atoms with van der Waals surface area (Å²) in [5, 5.41) is 0. The number of nitrogens with zero attached hydrogens (tertiary/aromatic N) is 2. The molecule has 1 aromatic heterocycles. The Morgan fingerprint density at radius 2 is 2.00 bits per heavy atom. The molecule has 1 aliphatic carbocycles. The number of allylic oxidation sites excluding steroid dienone is 1. The van der Waals surface area contributed by atoms with E-state index in [-0.39, 0.29) is 29.4 Å². The summed E-state index contributed by atoms with van der Waals surface area (Å²) in [5.41, 5.74) is 1.44. The third-order valence-corrected chi connectivity index (χ3v) is 9.09. The van der Waals surface area contributed by atoms with Gasteiger partial charge in [-0.2, -0.15) is 0 Å². The summed E-state index contributed by atoms with van der Waals surface area (Å²) < 4.78 is 34.9. The predicted octanol–water partition coefficient (Wildman–Crippen LogP) is 2.10. The fourth-order valence-electron chi connectivity index (χ4n) is 4.50. The Balaban J connectivity index is 1.49. The molecule has 2 fully saturated rings. The van der Waals surface area contributed by atoms with Crippen molar-refractivity contribution < 1.29 is 32.3 Å². The van der Waals surface area contributed by atoms with Gasteiger partial charge in [-0.1, -0.05) is 12.2 Å². The van der Waals surface area contributed by atoms with Crippen LogP contribution in [0.3, 0.4) is 0 Å². The summed E-state index contributed by atoms with van der Waals surface area (Å²) in [5.74, 6) is -0.663. The number of hydrogen-bond acceptors (Lipinski definition) is 8. The Bertz CT molecular complexity index is 1070. The van der Waals surface area contributed by atoms with E-state index in [4.69, 9.17) is 9.47 Å². The van der Waals surface area contributed by atoms with Gasteiger partial charge in [0.1, 0.15) is 10.8 Å². The van der Waals surface area contributed by atoms with Crippen molar-refractivity contribution in [1.82, 2.24) is 9.80 Å². The number of ether oxygens (including phenoxy) is 2. The van der Waals surface area contributed by atoms with Crippen LogP contribution in [-0.4, -0.2) is 80.8 Å². The molecule has 0 bridgehead atoms. The highest BCUT2D eigenvalue weighted by atomic mass is 32.2. The zero-order valence-electron chi connectivity index (χ0n) is 18.0. The third kappa shape index (κ3) is 4.15. The maximum atomic E-state index is 13.3. The van der Waals surface area contributed by atoms with E-state index < -0.39 is 27.9 Å². The van der Waals surface area contributed by atoms with Gasteiger partial charge in [0.15, 0.2) is 15.9 Å². The minimum absolute atomic E-state index is 0.0278. The first-order valence-corrected chi connectivity index (χ1v) is 13.4. The molecule has 3 heterocycles. The highest BCUT2D eigenvalue weighted by Crippen LogP contribution is 2.38. The second-order valence-electron chi connectivity index (χ2n) is 8.10. The number of rotatable bonds is 5. The zero-order chi connectivity index (χ0) is 23.0. The van der Waals surface area contributed by atoms with E-state index in [1.807, 2.05) is 6.08 Å². The van der Waals surface area contributed by atoms with E-state index in [1.165, 1.54) is 4.90 Å². The van der Waals surface area contributed by atoms with E-state index in [0.717, 1.165) is 29.6 Å².